The minimum Gasteiger partial charge on any atom is -0.368 e. The van der Waals surface area contributed by atoms with Gasteiger partial charge in [-0.15, -0.1) is 0 Å². The van der Waals surface area contributed by atoms with Crippen LogP contribution in [-0.4, -0.2) is 47.2 Å². The van der Waals surface area contributed by atoms with Crippen LogP contribution in [0.25, 0.3) is 0 Å². The van der Waals surface area contributed by atoms with Gasteiger partial charge in [-0.2, -0.15) is 0 Å². The van der Waals surface area contributed by atoms with E-state index in [1.54, 1.807) is 4.90 Å². The lowest BCUT2D eigenvalue weighted by Crippen LogP contribution is -2.53. The molecule has 0 spiro atoms. The molecule has 1 fully saturated rings. The number of nitrogens with two attached hydrogens (primary N) is 1. The lowest BCUT2D eigenvalue weighted by atomic mass is 10.0. The van der Waals surface area contributed by atoms with Crippen molar-refractivity contribution in [2.24, 2.45) is 5.73 Å². The summed E-state index contributed by atoms with van der Waals surface area (Å²) in [5.74, 6) is -1.46. The highest BCUT2D eigenvalue weighted by atomic mass is 16.2. The number of carbonyl (C=O) groups is 3. The Hall–Kier alpha value is -1.43. The molecule has 2 atom stereocenters. The average Bonchev–Trinajstić information content (AvgIpc) is 2.83. The molecule has 0 aromatic rings. The number of hydrogen-bond acceptors (Lipinski definition) is 4. The largest absolute Gasteiger partial charge is 0.368 e. The summed E-state index contributed by atoms with van der Waals surface area (Å²) >= 11 is 0. The third kappa shape index (κ3) is 4.03. The number of rotatable bonds is 7. The lowest BCUT2D eigenvalue weighted by Gasteiger charge is -2.30. The summed E-state index contributed by atoms with van der Waals surface area (Å²) < 4.78 is 0. The van der Waals surface area contributed by atoms with Crippen molar-refractivity contribution in [3.8, 4) is 0 Å². The second-order valence-corrected chi connectivity index (χ2v) is 5.60. The highest BCUT2D eigenvalue weighted by Crippen LogP contribution is 2.23. The fourth-order valence-electron chi connectivity index (χ4n) is 2.67. The lowest BCUT2D eigenvalue weighted by molar-refractivity contribution is -0.142. The van der Waals surface area contributed by atoms with Gasteiger partial charge in [0.15, 0.2) is 0 Å². The first-order valence-electron chi connectivity index (χ1n) is 7.28. The van der Waals surface area contributed by atoms with E-state index >= 15 is 0 Å². The SMILES string of the molecule is CCC[C@@H](C(=O)C(=O)NC(C)C)N1CCCC1C(N)=O. The van der Waals surface area contributed by atoms with E-state index in [0.717, 1.165) is 12.8 Å². The van der Waals surface area contributed by atoms with Crippen LogP contribution < -0.4 is 11.1 Å². The summed E-state index contributed by atoms with van der Waals surface area (Å²) in [6, 6.07) is -1.06. The summed E-state index contributed by atoms with van der Waals surface area (Å²) in [7, 11) is 0. The highest BCUT2D eigenvalue weighted by molar-refractivity contribution is 6.38. The van der Waals surface area contributed by atoms with Crippen LogP contribution >= 0.6 is 0 Å². The number of primary amides is 1. The molecule has 1 aliphatic heterocycles. The van der Waals surface area contributed by atoms with E-state index in [1.165, 1.54) is 0 Å². The Balaban J connectivity index is 2.84. The Morgan fingerprint density at radius 2 is 2.00 bits per heavy atom. The second kappa shape index (κ2) is 7.38. The number of ketones is 1. The van der Waals surface area contributed by atoms with E-state index in [1.807, 2.05) is 20.8 Å². The van der Waals surface area contributed by atoms with Crippen molar-refractivity contribution in [3.05, 3.63) is 0 Å². The average molecular weight is 283 g/mol. The fourth-order valence-corrected chi connectivity index (χ4v) is 2.67. The van der Waals surface area contributed by atoms with Crippen LogP contribution in [0.3, 0.4) is 0 Å². The number of amides is 2. The second-order valence-electron chi connectivity index (χ2n) is 5.60. The summed E-state index contributed by atoms with van der Waals surface area (Å²) in [5.41, 5.74) is 5.39. The molecular formula is C14H25N3O3. The molecule has 1 heterocycles. The van der Waals surface area contributed by atoms with Gasteiger partial charge >= 0.3 is 0 Å². The van der Waals surface area contributed by atoms with E-state index in [9.17, 15) is 14.4 Å². The van der Waals surface area contributed by atoms with Crippen molar-refractivity contribution in [3.63, 3.8) is 0 Å². The molecule has 0 bridgehead atoms. The van der Waals surface area contributed by atoms with Gasteiger partial charge in [-0.1, -0.05) is 13.3 Å². The van der Waals surface area contributed by atoms with Crippen LogP contribution in [0.1, 0.15) is 46.5 Å². The summed E-state index contributed by atoms with van der Waals surface area (Å²) in [4.78, 5) is 37.5. The van der Waals surface area contributed by atoms with Gasteiger partial charge in [0, 0.05) is 6.04 Å². The first-order chi connectivity index (χ1) is 9.38. The minimum absolute atomic E-state index is 0.0840. The van der Waals surface area contributed by atoms with Crippen LogP contribution in [0, 0.1) is 0 Å². The molecule has 0 aliphatic carbocycles. The third-order valence-electron chi connectivity index (χ3n) is 3.53. The summed E-state index contributed by atoms with van der Waals surface area (Å²) in [6.07, 6.45) is 2.82. The van der Waals surface area contributed by atoms with Crippen molar-refractivity contribution in [1.82, 2.24) is 10.2 Å². The maximum Gasteiger partial charge on any atom is 0.289 e. The van der Waals surface area contributed by atoms with Crippen LogP contribution in [0.5, 0.6) is 0 Å². The first kappa shape index (κ1) is 16.6. The summed E-state index contributed by atoms with van der Waals surface area (Å²) in [5, 5.41) is 2.62. The third-order valence-corrected chi connectivity index (χ3v) is 3.53. The minimum atomic E-state index is -0.575. The highest BCUT2D eigenvalue weighted by Gasteiger charge is 2.39. The predicted molar refractivity (Wildman–Crippen MR) is 75.9 cm³/mol. The normalized spacial score (nSPS) is 20.9. The van der Waals surface area contributed by atoms with E-state index in [-0.39, 0.29) is 6.04 Å². The van der Waals surface area contributed by atoms with Gasteiger partial charge in [0.1, 0.15) is 0 Å². The van der Waals surface area contributed by atoms with Gasteiger partial charge in [0.2, 0.25) is 11.7 Å². The van der Waals surface area contributed by atoms with Crippen LogP contribution in [0.2, 0.25) is 0 Å². The number of nitrogens with one attached hydrogen (secondary N) is 1. The van der Waals surface area contributed by atoms with Crippen molar-refractivity contribution < 1.29 is 14.4 Å². The molecule has 0 aromatic carbocycles. The molecule has 0 saturated carbocycles. The van der Waals surface area contributed by atoms with Gasteiger partial charge in [-0.25, -0.2) is 0 Å². The maximum atomic E-state index is 12.3. The molecule has 1 aliphatic rings. The number of likely N-dealkylation sites (tertiary alicyclic amines) is 1. The summed E-state index contributed by atoms with van der Waals surface area (Å²) in [6.45, 7) is 6.21. The van der Waals surface area contributed by atoms with Gasteiger partial charge in [-0.3, -0.25) is 19.3 Å². The molecular weight excluding hydrogens is 258 g/mol. The Morgan fingerprint density at radius 3 is 2.50 bits per heavy atom. The predicted octanol–water partition coefficient (Wildman–Crippen LogP) is 0.199. The van der Waals surface area contributed by atoms with Crippen molar-refractivity contribution in [2.75, 3.05) is 6.54 Å². The van der Waals surface area contributed by atoms with Crippen LogP contribution in [-0.2, 0) is 14.4 Å². The Morgan fingerprint density at radius 1 is 1.35 bits per heavy atom. The molecule has 1 unspecified atom stereocenters. The van der Waals surface area contributed by atoms with Gasteiger partial charge in [-0.05, 0) is 39.7 Å². The molecule has 6 heteroatoms. The van der Waals surface area contributed by atoms with E-state index in [2.05, 4.69) is 5.32 Å². The number of hydrogen-bond donors (Lipinski definition) is 2. The van der Waals surface area contributed by atoms with E-state index in [4.69, 9.17) is 5.73 Å². The number of nitrogens with zero attached hydrogens (tertiary/aromatic N) is 1. The van der Waals surface area contributed by atoms with Gasteiger partial charge in [0.05, 0.1) is 12.1 Å². The monoisotopic (exact) mass is 283 g/mol. The fraction of sp³-hybridized carbons (Fsp3) is 0.786. The molecule has 2 amide bonds. The zero-order chi connectivity index (χ0) is 15.3. The smallest absolute Gasteiger partial charge is 0.289 e. The topological polar surface area (TPSA) is 92.5 Å². The zero-order valence-electron chi connectivity index (χ0n) is 12.5. The van der Waals surface area contributed by atoms with Crippen molar-refractivity contribution in [1.29, 1.82) is 0 Å². The Labute approximate surface area is 120 Å². The van der Waals surface area contributed by atoms with E-state index < -0.39 is 29.7 Å². The van der Waals surface area contributed by atoms with Crippen molar-refractivity contribution >= 4 is 17.6 Å². The van der Waals surface area contributed by atoms with Crippen LogP contribution in [0.15, 0.2) is 0 Å². The maximum absolute atomic E-state index is 12.3. The molecule has 1 saturated heterocycles. The molecule has 114 valence electrons. The molecule has 0 aromatic heterocycles. The number of Topliss-reactive ketones (excluding diaryl/α,β-unsaturated/α-hetero) is 1. The molecule has 20 heavy (non-hydrogen) atoms. The molecule has 1 rings (SSSR count). The van der Waals surface area contributed by atoms with Crippen LogP contribution in [0.4, 0.5) is 0 Å². The standard InChI is InChI=1S/C14H25N3O3/c1-4-6-10(12(18)14(20)16-9(2)3)17-8-5-7-11(17)13(15)19/h9-11H,4-8H2,1-3H3,(H2,15,19)(H,16,20)/t10-,11?/m0/s1. The van der Waals surface area contributed by atoms with Crippen molar-refractivity contribution in [2.45, 2.75) is 64.6 Å². The first-order valence-corrected chi connectivity index (χ1v) is 7.28. The molecule has 6 nitrogen and oxygen atoms in total. The zero-order valence-corrected chi connectivity index (χ0v) is 12.5. The number of carbonyl (C=O) groups excluding carboxylic acids is 3. The molecule has 3 N–H and O–H groups in total. The van der Waals surface area contributed by atoms with Gasteiger partial charge in [0.25, 0.3) is 5.91 Å². The van der Waals surface area contributed by atoms with Gasteiger partial charge < -0.3 is 11.1 Å². The Kier molecular flexibility index (Phi) is 6.13. The Bertz CT molecular complexity index is 382. The quantitative estimate of drug-likeness (QED) is 0.653. The van der Waals surface area contributed by atoms with E-state index in [0.29, 0.717) is 19.4 Å². The molecule has 0 radical (unpaired) electrons.